The van der Waals surface area contributed by atoms with E-state index in [0.717, 1.165) is 16.5 Å². The van der Waals surface area contributed by atoms with Gasteiger partial charge in [0.05, 0.1) is 7.11 Å². The van der Waals surface area contributed by atoms with Crippen molar-refractivity contribution in [1.29, 1.82) is 0 Å². The Kier molecular flexibility index (Phi) is 6.26. The Labute approximate surface area is 174 Å². The minimum atomic E-state index is -0.556. The van der Waals surface area contributed by atoms with Gasteiger partial charge in [-0.2, -0.15) is 0 Å². The Hall–Kier alpha value is -3.54. The highest BCUT2D eigenvalue weighted by atomic mass is 16.5. The molecule has 156 valence electrons. The Morgan fingerprint density at radius 2 is 1.97 bits per heavy atom. The van der Waals surface area contributed by atoms with E-state index in [1.807, 2.05) is 19.1 Å². The number of rotatable bonds is 6. The van der Waals surface area contributed by atoms with Gasteiger partial charge >= 0.3 is 11.6 Å². The van der Waals surface area contributed by atoms with Gasteiger partial charge in [-0.25, -0.2) is 9.59 Å². The molecule has 1 aromatic heterocycles. The van der Waals surface area contributed by atoms with Gasteiger partial charge in [0, 0.05) is 23.1 Å². The third-order valence-electron chi connectivity index (χ3n) is 4.82. The summed E-state index contributed by atoms with van der Waals surface area (Å²) in [6.07, 6.45) is 2.84. The molecule has 6 heteroatoms. The van der Waals surface area contributed by atoms with Gasteiger partial charge in [-0.15, -0.1) is 0 Å². The predicted octanol–water partition coefficient (Wildman–Crippen LogP) is 4.70. The van der Waals surface area contributed by atoms with Crippen molar-refractivity contribution in [2.75, 3.05) is 7.11 Å². The summed E-state index contributed by atoms with van der Waals surface area (Å²) in [6, 6.07) is 9.91. The lowest BCUT2D eigenvalue weighted by atomic mass is 9.95. The van der Waals surface area contributed by atoms with Crippen LogP contribution in [0.5, 0.6) is 11.5 Å². The van der Waals surface area contributed by atoms with E-state index in [9.17, 15) is 14.7 Å². The topological polar surface area (TPSA) is 86.0 Å². The Bertz CT molecular complexity index is 1170. The van der Waals surface area contributed by atoms with E-state index in [0.29, 0.717) is 28.4 Å². The molecule has 0 saturated heterocycles. The highest BCUT2D eigenvalue weighted by molar-refractivity contribution is 5.87. The highest BCUT2D eigenvalue weighted by Crippen LogP contribution is 2.28. The minimum absolute atomic E-state index is 0.0167. The zero-order valence-electron chi connectivity index (χ0n) is 17.4. The highest BCUT2D eigenvalue weighted by Gasteiger charge is 2.12. The summed E-state index contributed by atoms with van der Waals surface area (Å²) in [5.74, 6) is 0.0776. The molecule has 0 fully saturated rings. The van der Waals surface area contributed by atoms with Crippen LogP contribution in [-0.4, -0.2) is 18.2 Å². The first-order valence-electron chi connectivity index (χ1n) is 9.57. The maximum atomic E-state index is 12.2. The Balaban J connectivity index is 1.80. The van der Waals surface area contributed by atoms with E-state index in [4.69, 9.17) is 13.9 Å². The van der Waals surface area contributed by atoms with Gasteiger partial charge in [0.15, 0.2) is 11.5 Å². The van der Waals surface area contributed by atoms with Crippen molar-refractivity contribution < 1.29 is 23.8 Å². The van der Waals surface area contributed by atoms with E-state index in [2.05, 4.69) is 13.8 Å². The van der Waals surface area contributed by atoms with Crippen LogP contribution in [0.3, 0.4) is 0 Å². The second-order valence-corrected chi connectivity index (χ2v) is 7.32. The molecule has 1 N–H and O–H groups in total. The van der Waals surface area contributed by atoms with Crippen molar-refractivity contribution in [3.05, 3.63) is 75.1 Å². The van der Waals surface area contributed by atoms with Crippen LogP contribution in [0, 0.1) is 6.92 Å². The number of methoxy groups -OCH3 is 1. The number of benzene rings is 2. The van der Waals surface area contributed by atoms with Crippen molar-refractivity contribution in [2.24, 2.45) is 0 Å². The predicted molar refractivity (Wildman–Crippen MR) is 115 cm³/mol. The molecule has 0 aliphatic heterocycles. The molecule has 0 aliphatic rings. The molecular weight excluding hydrogens is 384 g/mol. The monoisotopic (exact) mass is 408 g/mol. The smallest absolute Gasteiger partial charge is 0.336 e. The number of carbonyl (C=O) groups excluding carboxylic acids is 1. The first kappa shape index (κ1) is 21.2. The van der Waals surface area contributed by atoms with E-state index in [-0.39, 0.29) is 12.4 Å². The van der Waals surface area contributed by atoms with Crippen molar-refractivity contribution in [1.82, 2.24) is 0 Å². The molecule has 1 heterocycles. The number of esters is 1. The summed E-state index contributed by atoms with van der Waals surface area (Å²) in [7, 11) is 1.45. The third kappa shape index (κ3) is 4.71. The lowest BCUT2D eigenvalue weighted by Gasteiger charge is -2.13. The molecule has 0 atom stereocenters. The molecule has 0 saturated carbocycles. The van der Waals surface area contributed by atoms with E-state index in [1.54, 1.807) is 18.2 Å². The zero-order valence-corrected chi connectivity index (χ0v) is 17.4. The SMILES string of the molecule is COc1cc(/C=C/C(=O)OCc2cc(=O)oc3cc(C)c(C(C)C)cc23)ccc1O. The van der Waals surface area contributed by atoms with Crippen LogP contribution in [0.25, 0.3) is 17.0 Å². The van der Waals surface area contributed by atoms with Crippen LogP contribution in [0.2, 0.25) is 0 Å². The lowest BCUT2D eigenvalue weighted by Crippen LogP contribution is -2.06. The standard InChI is InChI=1S/C24H24O6/c1-14(2)18-12-19-17(11-24(27)30-21(19)9-15(18)3)13-29-23(26)8-6-16-5-7-20(25)22(10-16)28-4/h5-12,14,25H,13H2,1-4H3/b8-6+. The summed E-state index contributed by atoms with van der Waals surface area (Å²) < 4.78 is 15.7. The average Bonchev–Trinajstić information content (AvgIpc) is 2.70. The van der Waals surface area contributed by atoms with Crippen LogP contribution in [0.1, 0.15) is 42.0 Å². The number of aromatic hydroxyl groups is 1. The molecule has 6 nitrogen and oxygen atoms in total. The van der Waals surface area contributed by atoms with E-state index >= 15 is 0 Å². The van der Waals surface area contributed by atoms with Crippen LogP contribution in [0.15, 0.2) is 51.7 Å². The van der Waals surface area contributed by atoms with Crippen molar-refractivity contribution >= 4 is 23.0 Å². The molecular formula is C24H24O6. The summed E-state index contributed by atoms with van der Waals surface area (Å²) in [5, 5.41) is 10.4. The van der Waals surface area contributed by atoms with Gasteiger partial charge in [-0.3, -0.25) is 0 Å². The largest absolute Gasteiger partial charge is 0.504 e. The normalized spacial score (nSPS) is 11.4. The Morgan fingerprint density at radius 1 is 1.20 bits per heavy atom. The molecule has 0 amide bonds. The summed E-state index contributed by atoms with van der Waals surface area (Å²) >= 11 is 0. The van der Waals surface area contributed by atoms with E-state index in [1.165, 1.54) is 25.3 Å². The summed E-state index contributed by atoms with van der Waals surface area (Å²) in [5.41, 5.74) is 3.44. The first-order chi connectivity index (χ1) is 14.3. The fraction of sp³-hybridized carbons (Fsp3) is 0.250. The van der Waals surface area contributed by atoms with Crippen molar-refractivity contribution in [3.63, 3.8) is 0 Å². The first-order valence-corrected chi connectivity index (χ1v) is 9.57. The quantitative estimate of drug-likeness (QED) is 0.362. The molecule has 2 aromatic carbocycles. The minimum Gasteiger partial charge on any atom is -0.504 e. The number of carbonyl (C=O) groups is 1. The molecule has 0 spiro atoms. The molecule has 3 rings (SSSR count). The van der Waals surface area contributed by atoms with E-state index < -0.39 is 11.6 Å². The van der Waals surface area contributed by atoms with Gasteiger partial charge < -0.3 is 19.0 Å². The number of fused-ring (bicyclic) bond motifs is 1. The van der Waals surface area contributed by atoms with Crippen LogP contribution in [0.4, 0.5) is 0 Å². The fourth-order valence-electron chi connectivity index (χ4n) is 3.29. The number of hydrogen-bond acceptors (Lipinski definition) is 6. The van der Waals surface area contributed by atoms with Crippen molar-refractivity contribution in [3.8, 4) is 11.5 Å². The van der Waals surface area contributed by atoms with Crippen LogP contribution >= 0.6 is 0 Å². The number of phenols is 1. The van der Waals surface area contributed by atoms with Gasteiger partial charge in [0.25, 0.3) is 0 Å². The summed E-state index contributed by atoms with van der Waals surface area (Å²) in [6.45, 7) is 6.11. The number of phenolic OH excluding ortho intramolecular Hbond substituents is 1. The number of ether oxygens (including phenoxy) is 2. The maximum Gasteiger partial charge on any atom is 0.336 e. The second kappa shape index (κ2) is 8.86. The molecule has 0 radical (unpaired) electrons. The third-order valence-corrected chi connectivity index (χ3v) is 4.82. The maximum absolute atomic E-state index is 12.2. The van der Waals surface area contributed by atoms with Crippen molar-refractivity contribution in [2.45, 2.75) is 33.3 Å². The molecule has 3 aromatic rings. The lowest BCUT2D eigenvalue weighted by molar-refractivity contribution is -0.138. The zero-order chi connectivity index (χ0) is 21.8. The average molecular weight is 408 g/mol. The van der Waals surface area contributed by atoms with Gasteiger partial charge in [-0.1, -0.05) is 19.9 Å². The molecule has 0 aliphatic carbocycles. The van der Waals surface area contributed by atoms with Crippen LogP contribution in [-0.2, 0) is 16.1 Å². The number of hydrogen-bond donors (Lipinski definition) is 1. The van der Waals surface area contributed by atoms with Gasteiger partial charge in [-0.05, 0) is 59.9 Å². The number of aryl methyl sites for hydroxylation is 1. The van der Waals surface area contributed by atoms with Gasteiger partial charge in [0.1, 0.15) is 12.2 Å². The van der Waals surface area contributed by atoms with Gasteiger partial charge in [0.2, 0.25) is 0 Å². The summed E-state index contributed by atoms with van der Waals surface area (Å²) in [4.78, 5) is 24.1. The molecule has 30 heavy (non-hydrogen) atoms. The fourth-order valence-corrected chi connectivity index (χ4v) is 3.29. The molecule has 0 unspecified atom stereocenters. The Morgan fingerprint density at radius 3 is 2.67 bits per heavy atom. The second-order valence-electron chi connectivity index (χ2n) is 7.32. The van der Waals surface area contributed by atoms with Crippen LogP contribution < -0.4 is 10.4 Å². The molecule has 0 bridgehead atoms.